The van der Waals surface area contributed by atoms with Crippen LogP contribution < -0.4 is 0 Å². The lowest BCUT2D eigenvalue weighted by Gasteiger charge is -2.06. The van der Waals surface area contributed by atoms with Crippen LogP contribution in [0.15, 0.2) is 24.4 Å². The highest BCUT2D eigenvalue weighted by molar-refractivity contribution is 5.88. The summed E-state index contributed by atoms with van der Waals surface area (Å²) in [4.78, 5) is 10.8. The molecule has 0 radical (unpaired) electrons. The van der Waals surface area contributed by atoms with E-state index in [-0.39, 0.29) is 16.9 Å². The van der Waals surface area contributed by atoms with E-state index in [1.807, 2.05) is 0 Å². The number of carbonyl (C=O) groups is 1. The average molecular weight is 256 g/mol. The third kappa shape index (κ3) is 1.94. The van der Waals surface area contributed by atoms with Crippen LogP contribution in [-0.2, 0) is 6.67 Å². The van der Waals surface area contributed by atoms with Crippen molar-refractivity contribution in [1.82, 2.24) is 9.78 Å². The number of alkyl halides is 1. The Morgan fingerprint density at radius 2 is 2.11 bits per heavy atom. The molecule has 0 aliphatic carbocycles. The Morgan fingerprint density at radius 3 is 2.72 bits per heavy atom. The molecule has 4 nitrogen and oxygen atoms in total. The lowest BCUT2D eigenvalue weighted by Crippen LogP contribution is -2.07. The standard InChI is InChI=1S/C11H7F3N2O2/c12-4-10-7(11(17)18)5-15-16(10)9-3-6(13)1-2-8(9)14/h1-3,5H,4H2,(H,17,18). The van der Waals surface area contributed by atoms with E-state index in [1.54, 1.807) is 0 Å². The molecule has 0 saturated heterocycles. The molecule has 0 unspecified atom stereocenters. The highest BCUT2D eigenvalue weighted by Crippen LogP contribution is 2.19. The summed E-state index contributed by atoms with van der Waals surface area (Å²) in [7, 11) is 0. The van der Waals surface area contributed by atoms with Crippen LogP contribution in [0.5, 0.6) is 0 Å². The summed E-state index contributed by atoms with van der Waals surface area (Å²) in [6.45, 7) is -1.16. The first-order chi connectivity index (χ1) is 8.54. The number of halogens is 3. The highest BCUT2D eigenvalue weighted by Gasteiger charge is 2.19. The zero-order valence-corrected chi connectivity index (χ0v) is 8.90. The molecule has 2 aromatic rings. The number of hydrogen-bond acceptors (Lipinski definition) is 2. The summed E-state index contributed by atoms with van der Waals surface area (Å²) in [5.41, 5.74) is -1.07. The molecular weight excluding hydrogens is 249 g/mol. The van der Waals surface area contributed by atoms with Crippen LogP contribution in [0.25, 0.3) is 5.69 Å². The fourth-order valence-corrected chi connectivity index (χ4v) is 1.54. The Labute approximate surface area is 99.3 Å². The van der Waals surface area contributed by atoms with Gasteiger partial charge in [-0.25, -0.2) is 22.6 Å². The van der Waals surface area contributed by atoms with Crippen LogP contribution in [-0.4, -0.2) is 20.9 Å². The van der Waals surface area contributed by atoms with Gasteiger partial charge in [0, 0.05) is 6.07 Å². The number of benzene rings is 1. The largest absolute Gasteiger partial charge is 0.478 e. The molecular formula is C11H7F3N2O2. The summed E-state index contributed by atoms with van der Waals surface area (Å²) < 4.78 is 40.1. The molecule has 0 fully saturated rings. The SMILES string of the molecule is O=C(O)c1cnn(-c2cc(F)ccc2F)c1CF. The molecule has 1 aromatic carbocycles. The van der Waals surface area contributed by atoms with Gasteiger partial charge in [0.2, 0.25) is 0 Å². The maximum Gasteiger partial charge on any atom is 0.339 e. The van der Waals surface area contributed by atoms with Crippen LogP contribution in [0.4, 0.5) is 13.2 Å². The third-order valence-electron chi connectivity index (χ3n) is 2.36. The molecule has 0 aliphatic heterocycles. The molecule has 7 heteroatoms. The van der Waals surface area contributed by atoms with Gasteiger partial charge in [-0.3, -0.25) is 0 Å². The van der Waals surface area contributed by atoms with Crippen LogP contribution in [0.2, 0.25) is 0 Å². The molecule has 1 heterocycles. The number of rotatable bonds is 3. The first-order valence-corrected chi connectivity index (χ1v) is 4.86. The van der Waals surface area contributed by atoms with Gasteiger partial charge in [-0.15, -0.1) is 0 Å². The maximum atomic E-state index is 13.5. The minimum atomic E-state index is -1.38. The van der Waals surface area contributed by atoms with Gasteiger partial charge in [-0.1, -0.05) is 0 Å². The Balaban J connectivity index is 2.64. The van der Waals surface area contributed by atoms with E-state index in [0.29, 0.717) is 0 Å². The van der Waals surface area contributed by atoms with Gasteiger partial charge in [-0.2, -0.15) is 5.10 Å². The molecule has 0 aliphatic rings. The second-order valence-electron chi connectivity index (χ2n) is 3.45. The van der Waals surface area contributed by atoms with Gasteiger partial charge in [0.15, 0.2) is 0 Å². The molecule has 0 saturated carbocycles. The minimum Gasteiger partial charge on any atom is -0.478 e. The molecule has 0 bridgehead atoms. The molecule has 1 N–H and O–H groups in total. The van der Waals surface area contributed by atoms with E-state index in [2.05, 4.69) is 5.10 Å². The predicted octanol–water partition coefficient (Wildman–Crippen LogP) is 2.32. The number of carboxylic acids is 1. The molecule has 94 valence electrons. The van der Waals surface area contributed by atoms with Gasteiger partial charge in [0.1, 0.15) is 29.6 Å². The number of aromatic nitrogens is 2. The van der Waals surface area contributed by atoms with Crippen molar-refractivity contribution in [3.63, 3.8) is 0 Å². The Kier molecular flexibility index (Phi) is 3.05. The molecule has 18 heavy (non-hydrogen) atoms. The van der Waals surface area contributed by atoms with Gasteiger partial charge in [-0.05, 0) is 12.1 Å². The van der Waals surface area contributed by atoms with Gasteiger partial charge in [0.05, 0.1) is 11.9 Å². The molecule has 0 spiro atoms. The van der Waals surface area contributed by atoms with E-state index in [1.165, 1.54) is 0 Å². The van der Waals surface area contributed by atoms with Crippen molar-refractivity contribution in [3.8, 4) is 5.69 Å². The van der Waals surface area contributed by atoms with E-state index in [4.69, 9.17) is 5.11 Å². The number of carboxylic acid groups (broad SMARTS) is 1. The van der Waals surface area contributed by atoms with E-state index in [0.717, 1.165) is 29.1 Å². The molecule has 2 rings (SSSR count). The van der Waals surface area contributed by atoms with Crippen molar-refractivity contribution in [2.45, 2.75) is 6.67 Å². The van der Waals surface area contributed by atoms with Crippen LogP contribution in [0, 0.1) is 11.6 Å². The summed E-state index contributed by atoms with van der Waals surface area (Å²) >= 11 is 0. The van der Waals surface area contributed by atoms with Crippen molar-refractivity contribution >= 4 is 5.97 Å². The smallest absolute Gasteiger partial charge is 0.339 e. The number of aromatic carboxylic acids is 1. The number of nitrogens with zero attached hydrogens (tertiary/aromatic N) is 2. The van der Waals surface area contributed by atoms with E-state index < -0.39 is 24.3 Å². The monoisotopic (exact) mass is 256 g/mol. The lowest BCUT2D eigenvalue weighted by molar-refractivity contribution is 0.0694. The second-order valence-corrected chi connectivity index (χ2v) is 3.45. The van der Waals surface area contributed by atoms with Crippen LogP contribution in [0.3, 0.4) is 0 Å². The van der Waals surface area contributed by atoms with Crippen LogP contribution in [0.1, 0.15) is 16.1 Å². The summed E-state index contributed by atoms with van der Waals surface area (Å²) in [6.07, 6.45) is 0.890. The summed E-state index contributed by atoms with van der Waals surface area (Å²) in [5.74, 6) is -2.94. The topological polar surface area (TPSA) is 55.1 Å². The average Bonchev–Trinajstić information content (AvgIpc) is 2.75. The quantitative estimate of drug-likeness (QED) is 0.916. The van der Waals surface area contributed by atoms with Crippen molar-refractivity contribution in [3.05, 3.63) is 47.3 Å². The minimum absolute atomic E-state index is 0.338. The van der Waals surface area contributed by atoms with Crippen molar-refractivity contribution < 1.29 is 23.1 Å². The van der Waals surface area contributed by atoms with Gasteiger partial charge >= 0.3 is 5.97 Å². The summed E-state index contributed by atoms with van der Waals surface area (Å²) in [6, 6.07) is 2.57. The van der Waals surface area contributed by atoms with E-state index in [9.17, 15) is 18.0 Å². The second kappa shape index (κ2) is 4.52. The molecule has 0 atom stereocenters. The molecule has 0 amide bonds. The normalized spacial score (nSPS) is 10.6. The van der Waals surface area contributed by atoms with Crippen LogP contribution >= 0.6 is 0 Å². The maximum absolute atomic E-state index is 13.5. The van der Waals surface area contributed by atoms with Gasteiger partial charge in [0.25, 0.3) is 0 Å². The first-order valence-electron chi connectivity index (χ1n) is 4.86. The zero-order valence-electron chi connectivity index (χ0n) is 8.90. The Hall–Kier alpha value is -2.31. The third-order valence-corrected chi connectivity index (χ3v) is 2.36. The van der Waals surface area contributed by atoms with Crippen molar-refractivity contribution in [2.75, 3.05) is 0 Å². The lowest BCUT2D eigenvalue weighted by atomic mass is 10.2. The van der Waals surface area contributed by atoms with Crippen molar-refractivity contribution in [1.29, 1.82) is 0 Å². The predicted molar refractivity (Wildman–Crippen MR) is 55.3 cm³/mol. The van der Waals surface area contributed by atoms with E-state index >= 15 is 0 Å². The zero-order chi connectivity index (χ0) is 13.3. The van der Waals surface area contributed by atoms with Crippen molar-refractivity contribution in [2.24, 2.45) is 0 Å². The van der Waals surface area contributed by atoms with Gasteiger partial charge < -0.3 is 5.11 Å². The Morgan fingerprint density at radius 1 is 1.39 bits per heavy atom. The number of hydrogen-bond donors (Lipinski definition) is 1. The highest BCUT2D eigenvalue weighted by atomic mass is 19.1. The Bertz CT molecular complexity index is 610. The fourth-order valence-electron chi connectivity index (χ4n) is 1.54. The molecule has 1 aromatic heterocycles. The first kappa shape index (κ1) is 12.2. The summed E-state index contributed by atoms with van der Waals surface area (Å²) in [5, 5.41) is 12.4. The fraction of sp³-hybridized carbons (Fsp3) is 0.0909.